The minimum absolute atomic E-state index is 0.291. The van der Waals surface area contributed by atoms with Crippen molar-refractivity contribution in [3.8, 4) is 17.0 Å². The predicted molar refractivity (Wildman–Crippen MR) is 95.3 cm³/mol. The van der Waals surface area contributed by atoms with E-state index in [0.29, 0.717) is 28.4 Å². The number of alkyl halides is 3. The van der Waals surface area contributed by atoms with Gasteiger partial charge in [0.25, 0.3) is 0 Å². The number of benzene rings is 1. The van der Waals surface area contributed by atoms with E-state index in [4.69, 9.17) is 0 Å². The summed E-state index contributed by atoms with van der Waals surface area (Å²) in [5, 5.41) is 18.9. The van der Waals surface area contributed by atoms with E-state index in [1.165, 1.54) is 6.92 Å². The largest absolute Gasteiger partial charge is 0.507 e. The van der Waals surface area contributed by atoms with Crippen LogP contribution in [0.2, 0.25) is 0 Å². The fourth-order valence-electron chi connectivity index (χ4n) is 3.58. The van der Waals surface area contributed by atoms with Crippen LogP contribution in [0.1, 0.15) is 17.5 Å². The molecule has 5 nitrogen and oxygen atoms in total. The average molecular weight is 376 g/mol. The molecular weight excluding hydrogens is 357 g/mol. The summed E-state index contributed by atoms with van der Waals surface area (Å²) in [6.07, 6.45) is -1.48. The predicted octanol–water partition coefficient (Wildman–Crippen LogP) is 3.74. The molecule has 4 rings (SSSR count). The maximum absolute atomic E-state index is 12.9. The Hall–Kier alpha value is -2.61. The smallest absolute Gasteiger partial charge is 0.416 e. The van der Waals surface area contributed by atoms with Crippen molar-refractivity contribution >= 4 is 11.0 Å². The summed E-state index contributed by atoms with van der Waals surface area (Å²) in [5.41, 5.74) is 0.637. The van der Waals surface area contributed by atoms with Crippen LogP contribution in [-0.2, 0) is 12.7 Å². The molecule has 3 aromatic rings. The fraction of sp³-hybridized carbons (Fsp3) is 0.368. The third-order valence-corrected chi connectivity index (χ3v) is 4.92. The highest BCUT2D eigenvalue weighted by atomic mass is 19.4. The lowest BCUT2D eigenvalue weighted by atomic mass is 10.00. The number of fused-ring (bicyclic) bond motifs is 1. The van der Waals surface area contributed by atoms with E-state index in [1.807, 2.05) is 16.9 Å². The van der Waals surface area contributed by atoms with Gasteiger partial charge in [0.1, 0.15) is 5.75 Å². The monoisotopic (exact) mass is 376 g/mol. The second-order valence-electron chi connectivity index (χ2n) is 7.00. The number of pyridine rings is 1. The highest BCUT2D eigenvalue weighted by Crippen LogP contribution is 2.38. The summed E-state index contributed by atoms with van der Waals surface area (Å²) < 4.78 is 40.6. The summed E-state index contributed by atoms with van der Waals surface area (Å²) in [6, 6.07) is 5.28. The van der Waals surface area contributed by atoms with E-state index < -0.39 is 17.5 Å². The zero-order valence-corrected chi connectivity index (χ0v) is 14.7. The Morgan fingerprint density at radius 1 is 1.30 bits per heavy atom. The molecule has 0 bridgehead atoms. The summed E-state index contributed by atoms with van der Waals surface area (Å²) >= 11 is 0. The van der Waals surface area contributed by atoms with Crippen molar-refractivity contribution in [3.05, 3.63) is 41.6 Å². The van der Waals surface area contributed by atoms with Crippen molar-refractivity contribution in [2.75, 3.05) is 13.1 Å². The van der Waals surface area contributed by atoms with E-state index >= 15 is 0 Å². The Labute approximate surface area is 153 Å². The Morgan fingerprint density at radius 2 is 2.11 bits per heavy atom. The molecule has 0 amide bonds. The van der Waals surface area contributed by atoms with Gasteiger partial charge in [0.05, 0.1) is 11.3 Å². The van der Waals surface area contributed by atoms with Crippen LogP contribution in [-0.4, -0.2) is 33.0 Å². The van der Waals surface area contributed by atoms with E-state index in [9.17, 15) is 18.3 Å². The lowest BCUT2D eigenvalue weighted by Gasteiger charge is -2.13. The first-order chi connectivity index (χ1) is 12.8. The zero-order chi connectivity index (χ0) is 19.2. The number of nitrogens with one attached hydrogen (secondary N) is 1. The summed E-state index contributed by atoms with van der Waals surface area (Å²) in [7, 11) is 0. The van der Waals surface area contributed by atoms with Crippen molar-refractivity contribution in [2.24, 2.45) is 5.92 Å². The maximum atomic E-state index is 12.9. The molecule has 142 valence electrons. The zero-order valence-electron chi connectivity index (χ0n) is 14.7. The van der Waals surface area contributed by atoms with Gasteiger partial charge in [-0.3, -0.25) is 4.68 Å². The molecule has 0 spiro atoms. The van der Waals surface area contributed by atoms with Gasteiger partial charge < -0.3 is 10.4 Å². The van der Waals surface area contributed by atoms with Gasteiger partial charge in [0.15, 0.2) is 5.65 Å². The van der Waals surface area contributed by atoms with Gasteiger partial charge in [-0.1, -0.05) is 0 Å². The standard InChI is InChI=1S/C19H19F3N4O/c1-11-6-14(19(20,21)22)7-16(27)17(11)15-3-2-13-10-26(25-18(13)24-15)9-12-4-5-23-8-12/h2-3,6-7,10,12,23,27H,4-5,8-9H2,1H3/t12-/m1/s1. The number of hydrogen-bond acceptors (Lipinski definition) is 4. The third kappa shape index (κ3) is 3.49. The van der Waals surface area contributed by atoms with Crippen LogP contribution in [0, 0.1) is 12.8 Å². The molecule has 8 heteroatoms. The van der Waals surface area contributed by atoms with Crippen molar-refractivity contribution in [2.45, 2.75) is 26.1 Å². The quantitative estimate of drug-likeness (QED) is 0.731. The minimum atomic E-state index is -4.51. The molecule has 3 heterocycles. The molecule has 1 aromatic carbocycles. The Balaban J connectivity index is 1.69. The van der Waals surface area contributed by atoms with Crippen LogP contribution in [0.4, 0.5) is 13.2 Å². The number of phenols is 1. The Bertz CT molecular complexity index is 967. The minimum Gasteiger partial charge on any atom is -0.507 e. The number of aromatic hydroxyl groups is 1. The van der Waals surface area contributed by atoms with E-state index in [0.717, 1.165) is 43.6 Å². The SMILES string of the molecule is Cc1cc(C(F)(F)F)cc(O)c1-c1ccc2cn(C[C@@H]3CCNC3)nc2n1. The van der Waals surface area contributed by atoms with Gasteiger partial charge in [-0.25, -0.2) is 4.98 Å². The van der Waals surface area contributed by atoms with Crippen molar-refractivity contribution in [3.63, 3.8) is 0 Å². The second-order valence-corrected chi connectivity index (χ2v) is 7.00. The first kappa shape index (κ1) is 17.8. The topological polar surface area (TPSA) is 63.0 Å². The lowest BCUT2D eigenvalue weighted by Crippen LogP contribution is -2.14. The highest BCUT2D eigenvalue weighted by Gasteiger charge is 2.32. The summed E-state index contributed by atoms with van der Waals surface area (Å²) in [5.74, 6) is 0.0885. The van der Waals surface area contributed by atoms with Crippen LogP contribution in [0.3, 0.4) is 0 Å². The molecule has 0 aliphatic carbocycles. The number of rotatable bonds is 3. The Kier molecular flexibility index (Phi) is 4.30. The van der Waals surface area contributed by atoms with Crippen LogP contribution < -0.4 is 5.32 Å². The molecular formula is C19H19F3N4O. The van der Waals surface area contributed by atoms with Gasteiger partial charge in [-0.2, -0.15) is 18.3 Å². The lowest BCUT2D eigenvalue weighted by molar-refractivity contribution is -0.137. The number of halogens is 3. The van der Waals surface area contributed by atoms with Crippen LogP contribution in [0.5, 0.6) is 5.75 Å². The molecule has 2 N–H and O–H groups in total. The van der Waals surface area contributed by atoms with Crippen LogP contribution >= 0.6 is 0 Å². The van der Waals surface area contributed by atoms with Gasteiger partial charge in [0, 0.05) is 23.7 Å². The second kappa shape index (κ2) is 6.53. The average Bonchev–Trinajstić information content (AvgIpc) is 3.22. The van der Waals surface area contributed by atoms with E-state index in [-0.39, 0.29) is 0 Å². The molecule has 1 fully saturated rings. The van der Waals surface area contributed by atoms with Gasteiger partial charge in [0.2, 0.25) is 0 Å². The number of hydrogen-bond donors (Lipinski definition) is 2. The first-order valence-electron chi connectivity index (χ1n) is 8.77. The van der Waals surface area contributed by atoms with E-state index in [2.05, 4.69) is 15.4 Å². The highest BCUT2D eigenvalue weighted by molar-refractivity contribution is 5.80. The van der Waals surface area contributed by atoms with Crippen molar-refractivity contribution in [1.29, 1.82) is 0 Å². The van der Waals surface area contributed by atoms with E-state index in [1.54, 1.807) is 6.07 Å². The molecule has 1 atom stereocenters. The Morgan fingerprint density at radius 3 is 2.78 bits per heavy atom. The van der Waals surface area contributed by atoms with Crippen molar-refractivity contribution in [1.82, 2.24) is 20.1 Å². The number of nitrogens with zero attached hydrogens (tertiary/aromatic N) is 3. The maximum Gasteiger partial charge on any atom is 0.416 e. The molecule has 2 aromatic heterocycles. The van der Waals surface area contributed by atoms with Crippen LogP contribution in [0.15, 0.2) is 30.5 Å². The van der Waals surface area contributed by atoms with Crippen LogP contribution in [0.25, 0.3) is 22.3 Å². The fourth-order valence-corrected chi connectivity index (χ4v) is 3.58. The summed E-state index contributed by atoms with van der Waals surface area (Å²) in [6.45, 7) is 4.30. The number of phenolic OH excluding ortho intramolecular Hbond substituents is 1. The first-order valence-corrected chi connectivity index (χ1v) is 8.77. The molecule has 0 saturated carbocycles. The van der Waals surface area contributed by atoms with Gasteiger partial charge in [-0.05, 0) is 62.2 Å². The molecule has 1 aliphatic heterocycles. The number of aromatic nitrogens is 3. The van der Waals surface area contributed by atoms with Crippen molar-refractivity contribution < 1.29 is 18.3 Å². The molecule has 27 heavy (non-hydrogen) atoms. The van der Waals surface area contributed by atoms with Gasteiger partial charge >= 0.3 is 6.18 Å². The molecule has 0 unspecified atom stereocenters. The molecule has 0 radical (unpaired) electrons. The molecule has 1 saturated heterocycles. The normalized spacial score (nSPS) is 17.7. The van der Waals surface area contributed by atoms with Gasteiger partial charge in [-0.15, -0.1) is 0 Å². The summed E-state index contributed by atoms with van der Waals surface area (Å²) in [4.78, 5) is 4.47. The molecule has 1 aliphatic rings. The third-order valence-electron chi connectivity index (χ3n) is 4.92. The number of aryl methyl sites for hydroxylation is 1.